The molecule has 1 aromatic carbocycles. The highest BCUT2D eigenvalue weighted by Gasteiger charge is 2.34. The topological polar surface area (TPSA) is 75.4 Å². The third-order valence-corrected chi connectivity index (χ3v) is 3.50. The van der Waals surface area contributed by atoms with Gasteiger partial charge in [0, 0.05) is 5.56 Å². The monoisotopic (exact) mass is 252 g/mol. The maximum atomic E-state index is 13.0. The SMILES string of the molecule is Nc1cc(C(=O)NC2(CO)CCCC2)ccc1F. The average molecular weight is 252 g/mol. The van der Waals surface area contributed by atoms with Crippen LogP contribution in [0.4, 0.5) is 10.1 Å². The molecule has 4 N–H and O–H groups in total. The Balaban J connectivity index is 2.13. The Kier molecular flexibility index (Phi) is 3.52. The van der Waals surface area contributed by atoms with E-state index in [1.807, 2.05) is 0 Å². The molecule has 1 saturated carbocycles. The van der Waals surface area contributed by atoms with E-state index in [-0.39, 0.29) is 18.2 Å². The number of aliphatic hydroxyl groups is 1. The number of nitrogens with one attached hydrogen (secondary N) is 1. The first kappa shape index (κ1) is 12.8. The molecule has 98 valence electrons. The molecule has 0 radical (unpaired) electrons. The summed E-state index contributed by atoms with van der Waals surface area (Å²) in [7, 11) is 0. The molecule has 0 atom stereocenters. The van der Waals surface area contributed by atoms with Gasteiger partial charge in [0.05, 0.1) is 17.8 Å². The Morgan fingerprint density at radius 2 is 2.11 bits per heavy atom. The first-order valence-electron chi connectivity index (χ1n) is 6.05. The minimum Gasteiger partial charge on any atom is -0.396 e. The van der Waals surface area contributed by atoms with Crippen molar-refractivity contribution in [1.29, 1.82) is 0 Å². The number of nitrogens with two attached hydrogens (primary N) is 1. The van der Waals surface area contributed by atoms with E-state index in [0.717, 1.165) is 25.7 Å². The highest BCUT2D eigenvalue weighted by Crippen LogP contribution is 2.29. The fourth-order valence-electron chi connectivity index (χ4n) is 2.37. The molecule has 0 unspecified atom stereocenters. The van der Waals surface area contributed by atoms with Crippen LogP contribution in [0.5, 0.6) is 0 Å². The van der Waals surface area contributed by atoms with E-state index in [9.17, 15) is 14.3 Å². The molecule has 1 aliphatic rings. The third kappa shape index (κ3) is 2.46. The van der Waals surface area contributed by atoms with Crippen molar-refractivity contribution >= 4 is 11.6 Å². The second-order valence-electron chi connectivity index (χ2n) is 4.84. The van der Waals surface area contributed by atoms with E-state index in [1.54, 1.807) is 0 Å². The molecule has 1 amide bonds. The van der Waals surface area contributed by atoms with Crippen molar-refractivity contribution in [3.63, 3.8) is 0 Å². The van der Waals surface area contributed by atoms with E-state index in [0.29, 0.717) is 5.56 Å². The summed E-state index contributed by atoms with van der Waals surface area (Å²) in [6, 6.07) is 3.87. The number of carbonyl (C=O) groups excluding carboxylic acids is 1. The molecule has 0 aliphatic heterocycles. The standard InChI is InChI=1S/C13H17FN2O2/c14-10-4-3-9(7-11(10)15)12(18)16-13(8-17)5-1-2-6-13/h3-4,7,17H,1-2,5-6,8,15H2,(H,16,18). The molecule has 2 rings (SSSR count). The summed E-state index contributed by atoms with van der Waals surface area (Å²) in [5.74, 6) is -0.859. The smallest absolute Gasteiger partial charge is 0.251 e. The van der Waals surface area contributed by atoms with Gasteiger partial charge in [-0.05, 0) is 31.0 Å². The van der Waals surface area contributed by atoms with Gasteiger partial charge in [-0.1, -0.05) is 12.8 Å². The molecule has 0 spiro atoms. The Bertz CT molecular complexity index is 456. The molecular formula is C13H17FN2O2. The van der Waals surface area contributed by atoms with Crippen LogP contribution < -0.4 is 11.1 Å². The number of hydrogen-bond acceptors (Lipinski definition) is 3. The van der Waals surface area contributed by atoms with Crippen molar-refractivity contribution in [2.75, 3.05) is 12.3 Å². The van der Waals surface area contributed by atoms with E-state index >= 15 is 0 Å². The van der Waals surface area contributed by atoms with Crippen molar-refractivity contribution in [3.05, 3.63) is 29.6 Å². The lowest BCUT2D eigenvalue weighted by Gasteiger charge is -2.28. The van der Waals surface area contributed by atoms with Gasteiger partial charge in [0.1, 0.15) is 5.82 Å². The van der Waals surface area contributed by atoms with Crippen LogP contribution >= 0.6 is 0 Å². The van der Waals surface area contributed by atoms with E-state index < -0.39 is 11.4 Å². The number of nitrogen functional groups attached to an aromatic ring is 1. The predicted molar refractivity (Wildman–Crippen MR) is 66.6 cm³/mol. The molecule has 4 nitrogen and oxygen atoms in total. The molecule has 1 fully saturated rings. The van der Waals surface area contributed by atoms with Crippen LogP contribution in [-0.2, 0) is 0 Å². The number of halogens is 1. The van der Waals surface area contributed by atoms with Crippen LogP contribution in [0.1, 0.15) is 36.0 Å². The number of rotatable bonds is 3. The molecule has 1 aromatic rings. The number of carbonyl (C=O) groups is 1. The summed E-state index contributed by atoms with van der Waals surface area (Å²) in [6.45, 7) is -0.0740. The summed E-state index contributed by atoms with van der Waals surface area (Å²) in [4.78, 5) is 12.0. The number of amides is 1. The van der Waals surface area contributed by atoms with Gasteiger partial charge in [-0.25, -0.2) is 4.39 Å². The Labute approximate surface area is 105 Å². The van der Waals surface area contributed by atoms with Gasteiger partial charge in [0.2, 0.25) is 0 Å². The second-order valence-corrected chi connectivity index (χ2v) is 4.84. The molecule has 5 heteroatoms. The van der Waals surface area contributed by atoms with Crippen molar-refractivity contribution in [2.24, 2.45) is 0 Å². The van der Waals surface area contributed by atoms with Gasteiger partial charge < -0.3 is 16.2 Å². The minimum absolute atomic E-state index is 0.0490. The lowest BCUT2D eigenvalue weighted by Crippen LogP contribution is -2.49. The highest BCUT2D eigenvalue weighted by molar-refractivity contribution is 5.95. The van der Waals surface area contributed by atoms with Crippen LogP contribution in [-0.4, -0.2) is 23.2 Å². The fraction of sp³-hybridized carbons (Fsp3) is 0.462. The van der Waals surface area contributed by atoms with Crippen LogP contribution in [0.3, 0.4) is 0 Å². The highest BCUT2D eigenvalue weighted by atomic mass is 19.1. The Hall–Kier alpha value is -1.62. The summed E-state index contributed by atoms with van der Waals surface area (Å²) in [5, 5.41) is 12.2. The Morgan fingerprint density at radius 1 is 1.44 bits per heavy atom. The maximum Gasteiger partial charge on any atom is 0.251 e. The fourth-order valence-corrected chi connectivity index (χ4v) is 2.37. The van der Waals surface area contributed by atoms with Gasteiger partial charge >= 0.3 is 0 Å². The zero-order valence-electron chi connectivity index (χ0n) is 10.1. The first-order chi connectivity index (χ1) is 8.56. The molecule has 0 aromatic heterocycles. The van der Waals surface area contributed by atoms with Gasteiger partial charge in [-0.15, -0.1) is 0 Å². The summed E-state index contributed by atoms with van der Waals surface area (Å²) in [5.41, 5.74) is 5.16. The van der Waals surface area contributed by atoms with Crippen LogP contribution in [0.15, 0.2) is 18.2 Å². The van der Waals surface area contributed by atoms with Crippen LogP contribution in [0.25, 0.3) is 0 Å². The average Bonchev–Trinajstić information content (AvgIpc) is 2.82. The zero-order chi connectivity index (χ0) is 13.2. The zero-order valence-corrected chi connectivity index (χ0v) is 10.1. The minimum atomic E-state index is -0.538. The first-order valence-corrected chi connectivity index (χ1v) is 6.05. The molecule has 0 saturated heterocycles. The summed E-state index contributed by atoms with van der Waals surface area (Å²) >= 11 is 0. The second kappa shape index (κ2) is 4.94. The van der Waals surface area contributed by atoms with Gasteiger partial charge in [-0.2, -0.15) is 0 Å². The Morgan fingerprint density at radius 3 is 2.67 bits per heavy atom. The van der Waals surface area contributed by atoms with Gasteiger partial charge in [0.25, 0.3) is 5.91 Å². The lowest BCUT2D eigenvalue weighted by molar-refractivity contribution is 0.0838. The van der Waals surface area contributed by atoms with Crippen LogP contribution in [0, 0.1) is 5.82 Å². The predicted octanol–water partition coefficient (Wildman–Crippen LogP) is 1.44. The summed E-state index contributed by atoms with van der Waals surface area (Å²) in [6.07, 6.45) is 3.52. The number of anilines is 1. The van der Waals surface area contributed by atoms with E-state index in [1.165, 1.54) is 18.2 Å². The van der Waals surface area contributed by atoms with Gasteiger partial charge in [0.15, 0.2) is 0 Å². The third-order valence-electron chi connectivity index (χ3n) is 3.50. The number of benzene rings is 1. The molecule has 1 aliphatic carbocycles. The largest absolute Gasteiger partial charge is 0.396 e. The van der Waals surface area contributed by atoms with E-state index in [4.69, 9.17) is 5.73 Å². The van der Waals surface area contributed by atoms with Crippen LogP contribution in [0.2, 0.25) is 0 Å². The van der Waals surface area contributed by atoms with Gasteiger partial charge in [-0.3, -0.25) is 4.79 Å². The number of aliphatic hydroxyl groups excluding tert-OH is 1. The van der Waals surface area contributed by atoms with Crippen molar-refractivity contribution in [2.45, 2.75) is 31.2 Å². The normalized spacial score (nSPS) is 17.7. The molecule has 18 heavy (non-hydrogen) atoms. The maximum absolute atomic E-state index is 13.0. The quantitative estimate of drug-likeness (QED) is 0.712. The summed E-state index contributed by atoms with van der Waals surface area (Å²) < 4.78 is 13.0. The lowest BCUT2D eigenvalue weighted by atomic mass is 9.98. The number of hydrogen-bond donors (Lipinski definition) is 3. The molecule has 0 bridgehead atoms. The van der Waals surface area contributed by atoms with Crippen molar-refractivity contribution < 1.29 is 14.3 Å². The van der Waals surface area contributed by atoms with Crippen molar-refractivity contribution in [1.82, 2.24) is 5.32 Å². The molecule has 0 heterocycles. The van der Waals surface area contributed by atoms with E-state index in [2.05, 4.69) is 5.32 Å². The molecular weight excluding hydrogens is 235 g/mol. The van der Waals surface area contributed by atoms with Crippen molar-refractivity contribution in [3.8, 4) is 0 Å².